The molecule has 0 bridgehead atoms. The number of rotatable bonds is 3. The summed E-state index contributed by atoms with van der Waals surface area (Å²) in [7, 11) is 0. The van der Waals surface area contributed by atoms with E-state index in [0.717, 1.165) is 12.5 Å². The second-order valence-electron chi connectivity index (χ2n) is 2.32. The summed E-state index contributed by atoms with van der Waals surface area (Å²) in [5.41, 5.74) is 13.5. The van der Waals surface area contributed by atoms with Gasteiger partial charge in [-0.25, -0.2) is 0 Å². The monoisotopic (exact) mass is 194 g/mol. The van der Waals surface area contributed by atoms with Crippen LogP contribution < -0.4 is 10.5 Å². The Morgan fingerprint density at radius 1 is 1.64 bits per heavy atom. The third kappa shape index (κ3) is 2.05. The first-order chi connectivity index (χ1) is 6.65. The molecule has 0 fully saturated rings. The minimum absolute atomic E-state index is 0.0964. The van der Waals surface area contributed by atoms with E-state index in [0.29, 0.717) is 0 Å². The number of nitrogens with two attached hydrogens (primary N) is 1. The summed E-state index contributed by atoms with van der Waals surface area (Å²) < 4.78 is 4.73. The lowest BCUT2D eigenvalue weighted by Crippen LogP contribution is -1.97. The summed E-state index contributed by atoms with van der Waals surface area (Å²) in [6, 6.07) is 3.70. The van der Waals surface area contributed by atoms with E-state index in [2.05, 4.69) is 4.79 Å². The maximum Gasteiger partial charge on any atom is 0.443 e. The van der Waals surface area contributed by atoms with Crippen molar-refractivity contribution in [3.05, 3.63) is 33.8 Å². The summed E-state index contributed by atoms with van der Waals surface area (Å²) in [4.78, 5) is 12.3. The molecule has 7 heteroatoms. The number of benzene rings is 1. The summed E-state index contributed by atoms with van der Waals surface area (Å²) in [5.74, 6) is 0.188. The van der Waals surface area contributed by atoms with E-state index < -0.39 is 4.92 Å². The number of hydrogen-bond acceptors (Lipinski definition) is 4. The Bertz CT molecular complexity index is 411. The zero-order valence-electron chi connectivity index (χ0n) is 6.95. The minimum Gasteiger partial charge on any atom is -0.397 e. The summed E-state index contributed by atoms with van der Waals surface area (Å²) in [5, 5.41) is 10.3. The van der Waals surface area contributed by atoms with E-state index in [1.807, 2.05) is 0 Å². The molecule has 0 aliphatic rings. The maximum absolute atomic E-state index is 10.3. The Labute approximate surface area is 78.5 Å². The van der Waals surface area contributed by atoms with Crippen LogP contribution in [0.15, 0.2) is 18.2 Å². The van der Waals surface area contributed by atoms with Gasteiger partial charge in [-0.3, -0.25) is 10.1 Å². The highest BCUT2D eigenvalue weighted by atomic mass is 16.6. The van der Waals surface area contributed by atoms with Crippen LogP contribution in [0.2, 0.25) is 0 Å². The Hall–Kier alpha value is -2.40. The Morgan fingerprint density at radius 3 is 2.86 bits per heavy atom. The predicted octanol–water partition coefficient (Wildman–Crippen LogP) is 0.814. The first-order valence-corrected chi connectivity index (χ1v) is 3.51. The normalized spacial score (nSPS) is 8.86. The number of nitro groups is 1. The fraction of sp³-hybridized carbons (Fsp3) is 0. The van der Waals surface area contributed by atoms with Crippen molar-refractivity contribution in [1.29, 1.82) is 0 Å². The zero-order valence-corrected chi connectivity index (χ0v) is 6.95. The van der Waals surface area contributed by atoms with Gasteiger partial charge in [-0.2, -0.15) is 0 Å². The van der Waals surface area contributed by atoms with Crippen molar-refractivity contribution in [3.8, 4) is 5.75 Å². The number of ether oxygens (including phenoxy) is 1. The molecule has 0 amide bonds. The van der Waals surface area contributed by atoms with Crippen molar-refractivity contribution < 1.29 is 14.5 Å². The lowest BCUT2D eigenvalue weighted by molar-refractivity contribution is -0.384. The fourth-order valence-corrected chi connectivity index (χ4v) is 0.837. The van der Waals surface area contributed by atoms with Crippen LogP contribution in [-0.4, -0.2) is 16.1 Å². The molecule has 0 aromatic heterocycles. The number of hydrogen-bond donors (Lipinski definition) is 1. The largest absolute Gasteiger partial charge is 0.443 e. The van der Waals surface area contributed by atoms with Crippen LogP contribution in [0.1, 0.15) is 0 Å². The minimum atomic E-state index is -0.569. The highest BCUT2D eigenvalue weighted by Crippen LogP contribution is 2.25. The maximum atomic E-state index is 10.3. The molecule has 0 atom stereocenters. The molecule has 0 aliphatic carbocycles. The molecule has 72 valence electrons. The first kappa shape index (κ1) is 9.69. The molecular weight excluding hydrogens is 188 g/mol. The van der Waals surface area contributed by atoms with Gasteiger partial charge >= 0.3 is 6.40 Å². The van der Waals surface area contributed by atoms with Crippen molar-refractivity contribution in [3.63, 3.8) is 0 Å². The zero-order chi connectivity index (χ0) is 10.6. The molecule has 14 heavy (non-hydrogen) atoms. The Morgan fingerprint density at radius 2 is 2.36 bits per heavy atom. The number of nitro benzene ring substituents is 1. The van der Waals surface area contributed by atoms with E-state index in [1.54, 1.807) is 0 Å². The molecule has 0 unspecified atom stereocenters. The van der Waals surface area contributed by atoms with Gasteiger partial charge < -0.3 is 16.0 Å². The molecule has 0 saturated heterocycles. The molecule has 0 spiro atoms. The van der Waals surface area contributed by atoms with Gasteiger partial charge in [-0.15, -0.1) is 4.79 Å². The van der Waals surface area contributed by atoms with Gasteiger partial charge in [0.1, 0.15) is 0 Å². The lowest BCUT2D eigenvalue weighted by Gasteiger charge is -1.99. The molecular formula is C7H6N4O3. The summed E-state index contributed by atoms with van der Waals surface area (Å²) in [6.07, 6.45) is 0.761. The van der Waals surface area contributed by atoms with Crippen LogP contribution in [0, 0.1) is 10.1 Å². The van der Waals surface area contributed by atoms with Crippen LogP contribution in [0.5, 0.6) is 5.75 Å². The molecule has 1 rings (SSSR count). The standard InChI is InChI=1S/C7H6N4O3/c8-6-3-5(11(12)13)1-2-7(6)14-4-10-9/h1-4H,8H2. The fourth-order valence-electron chi connectivity index (χ4n) is 0.837. The van der Waals surface area contributed by atoms with Gasteiger partial charge in [0.15, 0.2) is 5.75 Å². The quantitative estimate of drug-likeness (QED) is 0.146. The average molecular weight is 194 g/mol. The van der Waals surface area contributed by atoms with Crippen LogP contribution >= 0.6 is 0 Å². The van der Waals surface area contributed by atoms with E-state index in [4.69, 9.17) is 16.0 Å². The number of nitrogen functional groups attached to an aromatic ring is 1. The molecule has 0 saturated carbocycles. The third-order valence-electron chi connectivity index (χ3n) is 1.43. The van der Waals surface area contributed by atoms with Gasteiger partial charge in [-0.1, -0.05) is 0 Å². The van der Waals surface area contributed by atoms with E-state index in [9.17, 15) is 10.1 Å². The number of nitrogens with zero attached hydrogens (tertiary/aromatic N) is 3. The van der Waals surface area contributed by atoms with Crippen molar-refractivity contribution in [2.75, 3.05) is 5.73 Å². The molecule has 7 nitrogen and oxygen atoms in total. The molecule has 0 radical (unpaired) electrons. The number of non-ortho nitro benzene ring substituents is 1. The van der Waals surface area contributed by atoms with Crippen molar-refractivity contribution in [1.82, 2.24) is 0 Å². The van der Waals surface area contributed by atoms with E-state index >= 15 is 0 Å². The smallest absolute Gasteiger partial charge is 0.397 e. The van der Waals surface area contributed by atoms with E-state index in [1.165, 1.54) is 12.1 Å². The highest BCUT2D eigenvalue weighted by molar-refractivity contribution is 5.62. The van der Waals surface area contributed by atoms with Gasteiger partial charge in [-0.05, 0) is 6.07 Å². The molecule has 1 aromatic rings. The molecule has 2 N–H and O–H groups in total. The van der Waals surface area contributed by atoms with Gasteiger partial charge in [0, 0.05) is 12.1 Å². The average Bonchev–Trinajstić information content (AvgIpc) is 2.15. The first-order valence-electron chi connectivity index (χ1n) is 3.51. The molecule has 1 aromatic carbocycles. The Balaban J connectivity index is 3.00. The third-order valence-corrected chi connectivity index (χ3v) is 1.43. The molecule has 0 heterocycles. The highest BCUT2D eigenvalue weighted by Gasteiger charge is 2.09. The number of anilines is 1. The van der Waals surface area contributed by atoms with Crippen LogP contribution in [0.3, 0.4) is 0 Å². The van der Waals surface area contributed by atoms with Crippen LogP contribution in [0.25, 0.3) is 5.53 Å². The SMILES string of the molecule is [N-]=[N+]=COc1ccc([N+](=O)[O-])cc1N. The van der Waals surface area contributed by atoms with Crippen LogP contribution in [-0.2, 0) is 0 Å². The van der Waals surface area contributed by atoms with Crippen molar-refractivity contribution in [2.24, 2.45) is 0 Å². The topological polar surface area (TPSA) is 115 Å². The second kappa shape index (κ2) is 4.01. The van der Waals surface area contributed by atoms with E-state index in [-0.39, 0.29) is 17.1 Å². The van der Waals surface area contributed by atoms with Gasteiger partial charge in [0.05, 0.1) is 10.6 Å². The second-order valence-corrected chi connectivity index (χ2v) is 2.32. The van der Waals surface area contributed by atoms with Gasteiger partial charge in [0.25, 0.3) is 5.69 Å². The summed E-state index contributed by atoms with van der Waals surface area (Å²) >= 11 is 0. The lowest BCUT2D eigenvalue weighted by atomic mass is 10.2. The summed E-state index contributed by atoms with van der Waals surface area (Å²) in [6.45, 7) is 0. The van der Waals surface area contributed by atoms with Gasteiger partial charge in [0.2, 0.25) is 0 Å². The predicted molar refractivity (Wildman–Crippen MR) is 47.8 cm³/mol. The van der Waals surface area contributed by atoms with Crippen LogP contribution in [0.4, 0.5) is 11.4 Å². The molecule has 0 aliphatic heterocycles. The van der Waals surface area contributed by atoms with Crippen molar-refractivity contribution in [2.45, 2.75) is 0 Å². The Kier molecular flexibility index (Phi) is 2.78. The van der Waals surface area contributed by atoms with Crippen molar-refractivity contribution >= 4 is 17.8 Å².